The molecule has 0 aliphatic heterocycles. The second-order valence-electron chi connectivity index (χ2n) is 3.67. The number of rotatable bonds is 1. The van der Waals surface area contributed by atoms with E-state index in [0.29, 0.717) is 0 Å². The summed E-state index contributed by atoms with van der Waals surface area (Å²) in [6, 6.07) is 0.760. The van der Waals surface area contributed by atoms with Crippen molar-refractivity contribution >= 4 is 0 Å². The summed E-state index contributed by atoms with van der Waals surface area (Å²) in [7, 11) is 6.00. The zero-order chi connectivity index (χ0) is 7.56. The molecule has 1 aliphatic rings. The van der Waals surface area contributed by atoms with Crippen molar-refractivity contribution in [3.8, 4) is 0 Å². The van der Waals surface area contributed by atoms with Gasteiger partial charge in [-0.3, -0.25) is 7.05 Å². The summed E-state index contributed by atoms with van der Waals surface area (Å²) in [6.45, 7) is 2.35. The van der Waals surface area contributed by atoms with Crippen molar-refractivity contribution in [2.75, 3.05) is 7.05 Å². The van der Waals surface area contributed by atoms with Crippen LogP contribution in [0, 0.1) is 13.0 Å². The first-order valence-corrected chi connectivity index (χ1v) is 4.23. The van der Waals surface area contributed by atoms with Crippen LogP contribution in [0.3, 0.4) is 0 Å². The van der Waals surface area contributed by atoms with Gasteiger partial charge in [-0.05, 0) is 44.7 Å². The number of hydrogen-bond donors (Lipinski definition) is 0. The Balaban J connectivity index is 0.000001000. The van der Waals surface area contributed by atoms with E-state index in [1.807, 2.05) is 0 Å². The molecule has 1 nitrogen and oxygen atoms in total. The first-order chi connectivity index (χ1) is 4.70. The van der Waals surface area contributed by atoms with Crippen molar-refractivity contribution in [3.63, 3.8) is 0 Å². The Morgan fingerprint density at radius 1 is 1.18 bits per heavy atom. The van der Waals surface area contributed by atoms with Crippen LogP contribution < -0.4 is 51.4 Å². The standard InChI is InChI=1S/C9H18N.K/c1-8-4-6-9(7-5-8)10(2)3;/h8-9H,2,4-7H2,1,3H3;/q-1;+1. The molecule has 60 valence electrons. The summed E-state index contributed by atoms with van der Waals surface area (Å²) in [4.78, 5) is 2.12. The third-order valence-electron chi connectivity index (χ3n) is 2.61. The Labute approximate surface area is 113 Å². The van der Waals surface area contributed by atoms with Crippen LogP contribution in [0.4, 0.5) is 0 Å². The van der Waals surface area contributed by atoms with E-state index in [2.05, 4.69) is 25.9 Å². The maximum absolute atomic E-state index is 3.92. The van der Waals surface area contributed by atoms with E-state index < -0.39 is 0 Å². The van der Waals surface area contributed by atoms with Crippen molar-refractivity contribution in [2.24, 2.45) is 5.92 Å². The fourth-order valence-corrected chi connectivity index (χ4v) is 1.68. The molecule has 0 aromatic carbocycles. The van der Waals surface area contributed by atoms with Gasteiger partial charge in [0.25, 0.3) is 0 Å². The molecule has 2 heteroatoms. The van der Waals surface area contributed by atoms with Crippen LogP contribution in [0.1, 0.15) is 32.6 Å². The van der Waals surface area contributed by atoms with Gasteiger partial charge in [-0.1, -0.05) is 6.92 Å². The van der Waals surface area contributed by atoms with Gasteiger partial charge >= 0.3 is 51.4 Å². The molecule has 0 radical (unpaired) electrons. The van der Waals surface area contributed by atoms with Crippen molar-refractivity contribution in [1.82, 2.24) is 4.90 Å². The Kier molecular flexibility index (Phi) is 7.00. The van der Waals surface area contributed by atoms with Crippen molar-refractivity contribution in [2.45, 2.75) is 38.6 Å². The molecule has 1 aliphatic carbocycles. The van der Waals surface area contributed by atoms with Gasteiger partial charge in [0.05, 0.1) is 0 Å². The van der Waals surface area contributed by atoms with E-state index in [4.69, 9.17) is 0 Å². The average Bonchev–Trinajstić information content (AvgIpc) is 1.88. The first kappa shape index (κ1) is 12.6. The summed E-state index contributed by atoms with van der Waals surface area (Å²) in [5, 5.41) is 0. The molecule has 11 heavy (non-hydrogen) atoms. The molecule has 0 heterocycles. The molecule has 1 rings (SSSR count). The van der Waals surface area contributed by atoms with Crippen LogP contribution in [-0.2, 0) is 0 Å². The quantitative estimate of drug-likeness (QED) is 0.380. The molecule has 0 saturated heterocycles. The van der Waals surface area contributed by atoms with Crippen LogP contribution in [0.5, 0.6) is 0 Å². The van der Waals surface area contributed by atoms with E-state index in [1.54, 1.807) is 0 Å². The third-order valence-corrected chi connectivity index (χ3v) is 2.61. The predicted molar refractivity (Wildman–Crippen MR) is 44.5 cm³/mol. The minimum Gasteiger partial charge on any atom is -0.459 e. The minimum atomic E-state index is 0. The Morgan fingerprint density at radius 2 is 1.64 bits per heavy atom. The smallest absolute Gasteiger partial charge is 0.459 e. The summed E-state index contributed by atoms with van der Waals surface area (Å²) in [6.07, 6.45) is 5.48. The summed E-state index contributed by atoms with van der Waals surface area (Å²) < 4.78 is 0. The fraction of sp³-hybridized carbons (Fsp3) is 0.889. The molecule has 0 aromatic heterocycles. The van der Waals surface area contributed by atoms with E-state index in [1.165, 1.54) is 25.7 Å². The molecule has 0 amide bonds. The SMILES string of the molecule is [CH2-]N(C)C1CCC(C)CC1.[K+]. The van der Waals surface area contributed by atoms with Crippen LogP contribution in [0.2, 0.25) is 0 Å². The van der Waals surface area contributed by atoms with Gasteiger partial charge in [0.2, 0.25) is 0 Å². The summed E-state index contributed by atoms with van der Waals surface area (Å²) in [5.74, 6) is 0.955. The van der Waals surface area contributed by atoms with Crippen LogP contribution >= 0.6 is 0 Å². The molecule has 0 unspecified atom stereocenters. The first-order valence-electron chi connectivity index (χ1n) is 4.23. The van der Waals surface area contributed by atoms with Gasteiger partial charge in [0.15, 0.2) is 0 Å². The van der Waals surface area contributed by atoms with Gasteiger partial charge < -0.3 is 4.90 Å². The minimum absolute atomic E-state index is 0. The zero-order valence-corrected chi connectivity index (χ0v) is 11.3. The molecule has 0 bridgehead atoms. The number of hydrogen-bond acceptors (Lipinski definition) is 1. The average molecular weight is 179 g/mol. The maximum Gasteiger partial charge on any atom is 1.00 e. The fourth-order valence-electron chi connectivity index (χ4n) is 1.68. The summed E-state index contributed by atoms with van der Waals surface area (Å²) >= 11 is 0. The molecule has 0 spiro atoms. The van der Waals surface area contributed by atoms with E-state index >= 15 is 0 Å². The zero-order valence-electron chi connectivity index (χ0n) is 8.14. The molecule has 1 fully saturated rings. The van der Waals surface area contributed by atoms with Crippen LogP contribution in [0.15, 0.2) is 0 Å². The molecule has 0 N–H and O–H groups in total. The molecule has 1 saturated carbocycles. The van der Waals surface area contributed by atoms with Gasteiger partial charge in [0, 0.05) is 0 Å². The van der Waals surface area contributed by atoms with Crippen molar-refractivity contribution < 1.29 is 51.4 Å². The molecule has 0 atom stereocenters. The largest absolute Gasteiger partial charge is 1.00 e. The Hall–Kier alpha value is 1.60. The molecular formula is C9H18KN. The van der Waals surface area contributed by atoms with E-state index in [-0.39, 0.29) is 51.4 Å². The van der Waals surface area contributed by atoms with Crippen molar-refractivity contribution in [3.05, 3.63) is 7.05 Å². The van der Waals surface area contributed by atoms with Gasteiger partial charge in [-0.25, -0.2) is 0 Å². The third kappa shape index (κ3) is 4.39. The maximum atomic E-state index is 3.92. The van der Waals surface area contributed by atoms with Crippen molar-refractivity contribution in [1.29, 1.82) is 0 Å². The Morgan fingerprint density at radius 3 is 2.00 bits per heavy atom. The van der Waals surface area contributed by atoms with E-state index in [9.17, 15) is 0 Å². The predicted octanol–water partition coefficient (Wildman–Crippen LogP) is -0.708. The van der Waals surface area contributed by atoms with Gasteiger partial charge in [-0.2, -0.15) is 0 Å². The van der Waals surface area contributed by atoms with Crippen LogP contribution in [-0.4, -0.2) is 18.0 Å². The Bertz CT molecular complexity index is 95.7. The summed E-state index contributed by atoms with van der Waals surface area (Å²) in [5.41, 5.74) is 0. The monoisotopic (exact) mass is 179 g/mol. The van der Waals surface area contributed by atoms with E-state index in [0.717, 1.165) is 12.0 Å². The second kappa shape index (κ2) is 6.11. The molecule has 0 aromatic rings. The topological polar surface area (TPSA) is 3.24 Å². The second-order valence-corrected chi connectivity index (χ2v) is 3.67. The van der Waals surface area contributed by atoms with Crippen LogP contribution in [0.25, 0.3) is 0 Å². The van der Waals surface area contributed by atoms with Gasteiger partial charge in [-0.15, -0.1) is 0 Å². The van der Waals surface area contributed by atoms with Gasteiger partial charge in [0.1, 0.15) is 0 Å². The molecular weight excluding hydrogens is 161 g/mol. The normalized spacial score (nSPS) is 31.6. The number of nitrogens with zero attached hydrogens (tertiary/aromatic N) is 1.